The second-order valence-electron chi connectivity index (χ2n) is 5.82. The van der Waals surface area contributed by atoms with E-state index in [0.717, 1.165) is 37.4 Å². The summed E-state index contributed by atoms with van der Waals surface area (Å²) < 4.78 is 10.3. The summed E-state index contributed by atoms with van der Waals surface area (Å²) in [4.78, 5) is 14.1. The molecule has 0 unspecified atom stereocenters. The van der Waals surface area contributed by atoms with E-state index in [4.69, 9.17) is 14.3 Å². The largest absolute Gasteiger partial charge is 0.491 e. The zero-order valence-corrected chi connectivity index (χ0v) is 13.5. The highest BCUT2D eigenvalue weighted by Gasteiger charge is 2.24. The van der Waals surface area contributed by atoms with Crippen LogP contribution in [0.15, 0.2) is 47.3 Å². The Kier molecular flexibility index (Phi) is 5.38. The van der Waals surface area contributed by atoms with Gasteiger partial charge in [-0.1, -0.05) is 0 Å². The van der Waals surface area contributed by atoms with Gasteiger partial charge in [0.05, 0.1) is 18.4 Å². The number of furan rings is 1. The molecule has 0 bridgehead atoms. The highest BCUT2D eigenvalue weighted by molar-refractivity contribution is 5.93. The highest BCUT2D eigenvalue weighted by atomic mass is 16.5. The first kappa shape index (κ1) is 16.4. The van der Waals surface area contributed by atoms with E-state index < -0.39 is 0 Å². The third kappa shape index (κ3) is 4.08. The fourth-order valence-electron chi connectivity index (χ4n) is 2.84. The Morgan fingerprint density at radius 3 is 2.62 bits per heavy atom. The maximum atomic E-state index is 12.3. The molecule has 1 aliphatic heterocycles. The van der Waals surface area contributed by atoms with Crippen LogP contribution in [0.2, 0.25) is 0 Å². The molecule has 1 aromatic heterocycles. The molecule has 2 N–H and O–H groups in total. The van der Waals surface area contributed by atoms with Crippen LogP contribution in [-0.2, 0) is 0 Å². The van der Waals surface area contributed by atoms with Gasteiger partial charge < -0.3 is 24.5 Å². The lowest BCUT2D eigenvalue weighted by atomic mass is 10.0. The van der Waals surface area contributed by atoms with E-state index in [1.54, 1.807) is 6.07 Å². The van der Waals surface area contributed by atoms with Gasteiger partial charge >= 0.3 is 0 Å². The molecule has 6 nitrogen and oxygen atoms in total. The molecule has 6 heteroatoms. The van der Waals surface area contributed by atoms with E-state index >= 15 is 0 Å². The van der Waals surface area contributed by atoms with Gasteiger partial charge in [-0.25, -0.2) is 0 Å². The summed E-state index contributed by atoms with van der Waals surface area (Å²) in [5.41, 5.74) is 1.64. The zero-order valence-electron chi connectivity index (χ0n) is 13.5. The number of aliphatic hydroxyl groups excluding tert-OH is 1. The molecule has 2 aromatic rings. The molecule has 1 aliphatic rings. The molecule has 1 fully saturated rings. The van der Waals surface area contributed by atoms with Crippen LogP contribution in [0, 0.1) is 0 Å². The van der Waals surface area contributed by atoms with Gasteiger partial charge in [-0.05, 0) is 43.2 Å². The van der Waals surface area contributed by atoms with Crippen molar-refractivity contribution in [1.82, 2.24) is 4.90 Å². The van der Waals surface area contributed by atoms with Crippen LogP contribution >= 0.6 is 0 Å². The number of carbonyl (C=O) groups excluding carboxylic acids is 1. The number of piperidine rings is 1. The molecule has 0 spiro atoms. The Hall–Kier alpha value is -2.47. The van der Waals surface area contributed by atoms with Gasteiger partial charge in [0.2, 0.25) is 0 Å². The maximum Gasteiger partial charge on any atom is 0.257 e. The number of likely N-dealkylation sites (tertiary alicyclic amines) is 1. The predicted molar refractivity (Wildman–Crippen MR) is 90.3 cm³/mol. The number of carbonyl (C=O) groups is 1. The van der Waals surface area contributed by atoms with Crippen molar-refractivity contribution in [3.05, 3.63) is 48.4 Å². The Morgan fingerprint density at radius 2 is 2.00 bits per heavy atom. The topological polar surface area (TPSA) is 74.9 Å². The Balaban J connectivity index is 1.47. The van der Waals surface area contributed by atoms with Crippen LogP contribution in [0.25, 0.3) is 0 Å². The van der Waals surface area contributed by atoms with E-state index in [2.05, 4.69) is 5.32 Å². The number of hydrogen-bond donors (Lipinski definition) is 2. The molecular weight excluding hydrogens is 308 g/mol. The molecule has 1 saturated heterocycles. The first-order valence-electron chi connectivity index (χ1n) is 8.18. The summed E-state index contributed by atoms with van der Waals surface area (Å²) >= 11 is 0. The van der Waals surface area contributed by atoms with Crippen LogP contribution < -0.4 is 10.1 Å². The Labute approximate surface area is 141 Å². The average Bonchev–Trinajstić information content (AvgIpc) is 3.16. The smallest absolute Gasteiger partial charge is 0.257 e. The second kappa shape index (κ2) is 7.88. The minimum atomic E-state index is 0.0100. The van der Waals surface area contributed by atoms with Gasteiger partial charge in [-0.3, -0.25) is 4.79 Å². The minimum absolute atomic E-state index is 0.0100. The summed E-state index contributed by atoms with van der Waals surface area (Å²) in [6.07, 6.45) is 4.83. The number of aliphatic hydroxyl groups is 1. The SMILES string of the molecule is O=C(c1ccoc1)N1CCC(Nc2ccc(OCCO)cc2)CC1. The molecule has 0 atom stereocenters. The number of nitrogens with zero attached hydrogens (tertiary/aromatic N) is 1. The predicted octanol–water partition coefficient (Wildman–Crippen LogP) is 2.37. The van der Waals surface area contributed by atoms with Gasteiger partial charge in [0.25, 0.3) is 5.91 Å². The molecular formula is C18H22N2O4. The summed E-state index contributed by atoms with van der Waals surface area (Å²) in [7, 11) is 0. The normalized spacial score (nSPS) is 15.3. The van der Waals surface area contributed by atoms with E-state index in [9.17, 15) is 4.79 Å². The van der Waals surface area contributed by atoms with Crippen LogP contribution in [0.3, 0.4) is 0 Å². The van der Waals surface area contributed by atoms with E-state index in [1.807, 2.05) is 29.2 Å². The fourth-order valence-corrected chi connectivity index (χ4v) is 2.84. The van der Waals surface area contributed by atoms with Crippen LogP contribution in [0.1, 0.15) is 23.2 Å². The van der Waals surface area contributed by atoms with Gasteiger partial charge in [0, 0.05) is 24.8 Å². The molecule has 1 amide bonds. The van der Waals surface area contributed by atoms with Crippen molar-refractivity contribution in [3.8, 4) is 5.75 Å². The van der Waals surface area contributed by atoms with Crippen molar-refractivity contribution in [2.45, 2.75) is 18.9 Å². The Morgan fingerprint density at radius 1 is 1.25 bits per heavy atom. The minimum Gasteiger partial charge on any atom is -0.491 e. The van der Waals surface area contributed by atoms with Gasteiger partial charge in [-0.15, -0.1) is 0 Å². The van der Waals surface area contributed by atoms with E-state index in [0.29, 0.717) is 18.2 Å². The third-order valence-corrected chi connectivity index (χ3v) is 4.14. The van der Waals surface area contributed by atoms with Crippen molar-refractivity contribution < 1.29 is 19.1 Å². The lowest BCUT2D eigenvalue weighted by Gasteiger charge is -2.32. The lowest BCUT2D eigenvalue weighted by Crippen LogP contribution is -2.42. The number of benzene rings is 1. The van der Waals surface area contributed by atoms with Gasteiger partial charge in [-0.2, -0.15) is 0 Å². The van der Waals surface area contributed by atoms with Crippen molar-refractivity contribution in [1.29, 1.82) is 0 Å². The molecule has 24 heavy (non-hydrogen) atoms. The molecule has 3 rings (SSSR count). The van der Waals surface area contributed by atoms with E-state index in [1.165, 1.54) is 12.5 Å². The van der Waals surface area contributed by atoms with Crippen LogP contribution in [0.4, 0.5) is 5.69 Å². The van der Waals surface area contributed by atoms with Gasteiger partial charge in [0.15, 0.2) is 0 Å². The second-order valence-corrected chi connectivity index (χ2v) is 5.82. The van der Waals surface area contributed by atoms with Crippen LogP contribution in [-0.4, -0.2) is 48.3 Å². The number of nitrogens with one attached hydrogen (secondary N) is 1. The number of ether oxygens (including phenoxy) is 1. The third-order valence-electron chi connectivity index (χ3n) is 4.14. The first-order chi connectivity index (χ1) is 11.8. The molecule has 2 heterocycles. The van der Waals surface area contributed by atoms with Crippen LogP contribution in [0.5, 0.6) is 5.75 Å². The van der Waals surface area contributed by atoms with Crippen molar-refractivity contribution in [3.63, 3.8) is 0 Å². The monoisotopic (exact) mass is 330 g/mol. The summed E-state index contributed by atoms with van der Waals surface area (Å²) in [5, 5.41) is 12.2. The summed E-state index contributed by atoms with van der Waals surface area (Å²) in [6, 6.07) is 9.76. The van der Waals surface area contributed by atoms with Crippen molar-refractivity contribution in [2.24, 2.45) is 0 Å². The quantitative estimate of drug-likeness (QED) is 0.850. The van der Waals surface area contributed by atoms with Gasteiger partial charge in [0.1, 0.15) is 18.6 Å². The molecule has 128 valence electrons. The fraction of sp³-hybridized carbons (Fsp3) is 0.389. The Bertz CT molecular complexity index is 632. The molecule has 1 aromatic carbocycles. The molecule has 0 aliphatic carbocycles. The van der Waals surface area contributed by atoms with E-state index in [-0.39, 0.29) is 12.5 Å². The van der Waals surface area contributed by atoms with Crippen molar-refractivity contribution in [2.75, 3.05) is 31.6 Å². The summed E-state index contributed by atoms with van der Waals surface area (Å²) in [6.45, 7) is 1.78. The highest BCUT2D eigenvalue weighted by Crippen LogP contribution is 2.20. The number of amides is 1. The standard InChI is InChI=1S/C18H22N2O4/c21-10-12-24-17-3-1-15(2-4-17)19-16-5-8-20(9-6-16)18(22)14-7-11-23-13-14/h1-4,7,11,13,16,19,21H,5-6,8-10,12H2. The number of rotatable bonds is 6. The lowest BCUT2D eigenvalue weighted by molar-refractivity contribution is 0.0718. The van der Waals surface area contributed by atoms with Crippen molar-refractivity contribution >= 4 is 11.6 Å². The summed E-state index contributed by atoms with van der Waals surface area (Å²) in [5.74, 6) is 0.780. The number of anilines is 1. The average molecular weight is 330 g/mol. The zero-order chi connectivity index (χ0) is 16.8. The molecule has 0 radical (unpaired) electrons. The first-order valence-corrected chi connectivity index (χ1v) is 8.18. The maximum absolute atomic E-state index is 12.3. The number of hydrogen-bond acceptors (Lipinski definition) is 5. The molecule has 0 saturated carbocycles.